The summed E-state index contributed by atoms with van der Waals surface area (Å²) in [4.78, 5) is 12.2. The largest absolute Gasteiger partial charge is 0.382 e. The maximum atomic E-state index is 12.2. The van der Waals surface area contributed by atoms with Gasteiger partial charge in [0.25, 0.3) is 0 Å². The van der Waals surface area contributed by atoms with E-state index in [1.54, 1.807) is 7.11 Å². The van der Waals surface area contributed by atoms with E-state index in [0.29, 0.717) is 32.9 Å². The van der Waals surface area contributed by atoms with Crippen molar-refractivity contribution in [2.24, 2.45) is 0 Å². The Morgan fingerprint density at radius 3 is 2.58 bits per heavy atom. The van der Waals surface area contributed by atoms with Crippen LogP contribution in [-0.2, 0) is 20.8 Å². The number of nitrogens with one attached hydrogen (secondary N) is 1. The first-order valence-corrected chi connectivity index (χ1v) is 10.4. The molecule has 2 aromatic carbocycles. The van der Waals surface area contributed by atoms with Crippen LogP contribution in [0.2, 0.25) is 0 Å². The summed E-state index contributed by atoms with van der Waals surface area (Å²) in [6.45, 7) is 4.68. The molecule has 3 rings (SSSR count). The van der Waals surface area contributed by atoms with Gasteiger partial charge in [0.1, 0.15) is 0 Å². The minimum atomic E-state index is -0.166. The average molecular weight is 420 g/mol. The first kappa shape index (κ1) is 22.5. The third-order valence-corrected chi connectivity index (χ3v) is 4.69. The van der Waals surface area contributed by atoms with Crippen molar-refractivity contribution in [2.45, 2.75) is 13.5 Å². The fourth-order valence-electron chi connectivity index (χ4n) is 3.06. The molecule has 3 aromatic rings. The van der Waals surface area contributed by atoms with Crippen molar-refractivity contribution in [1.82, 2.24) is 15.1 Å². The lowest BCUT2D eigenvalue weighted by Gasteiger charge is -2.04. The second-order valence-corrected chi connectivity index (χ2v) is 7.21. The molecule has 1 N–H and O–H groups in total. The van der Waals surface area contributed by atoms with Gasteiger partial charge in [-0.15, -0.1) is 0 Å². The lowest BCUT2D eigenvalue weighted by molar-refractivity contribution is -0.116. The van der Waals surface area contributed by atoms with Crippen LogP contribution in [0.4, 0.5) is 0 Å². The second kappa shape index (κ2) is 11.8. The van der Waals surface area contributed by atoms with Crippen LogP contribution in [0.1, 0.15) is 16.7 Å². The molecule has 0 bridgehead atoms. The van der Waals surface area contributed by atoms with Gasteiger partial charge >= 0.3 is 0 Å². The molecule has 0 fully saturated rings. The molecule has 0 aliphatic heterocycles. The van der Waals surface area contributed by atoms with E-state index in [0.717, 1.165) is 16.8 Å². The van der Waals surface area contributed by atoms with Crippen molar-refractivity contribution in [3.05, 3.63) is 83.6 Å². The molecule has 162 valence electrons. The zero-order valence-corrected chi connectivity index (χ0v) is 18.1. The van der Waals surface area contributed by atoms with Crippen LogP contribution >= 0.6 is 0 Å². The molecule has 6 nitrogen and oxygen atoms in total. The summed E-state index contributed by atoms with van der Waals surface area (Å²) in [5.74, 6) is -0.166. The van der Waals surface area contributed by atoms with Gasteiger partial charge in [0.05, 0.1) is 32.1 Å². The maximum Gasteiger partial charge on any atom is 0.244 e. The number of benzene rings is 2. The Morgan fingerprint density at radius 2 is 1.84 bits per heavy atom. The topological polar surface area (TPSA) is 65.4 Å². The Hall–Kier alpha value is -3.22. The molecule has 0 aliphatic carbocycles. The van der Waals surface area contributed by atoms with Gasteiger partial charge in [0, 0.05) is 37.1 Å². The molecule has 0 saturated heterocycles. The Morgan fingerprint density at radius 1 is 1.06 bits per heavy atom. The summed E-state index contributed by atoms with van der Waals surface area (Å²) >= 11 is 0. The van der Waals surface area contributed by atoms with Crippen molar-refractivity contribution in [2.75, 3.05) is 33.5 Å². The zero-order valence-electron chi connectivity index (χ0n) is 18.1. The number of hydrogen-bond acceptors (Lipinski definition) is 4. The molecule has 0 atom stereocenters. The molecule has 6 heteroatoms. The minimum Gasteiger partial charge on any atom is -0.382 e. The third-order valence-electron chi connectivity index (χ3n) is 4.69. The lowest BCUT2D eigenvalue weighted by Crippen LogP contribution is -2.25. The number of aryl methyl sites for hydroxylation is 1. The van der Waals surface area contributed by atoms with E-state index < -0.39 is 0 Å². The van der Waals surface area contributed by atoms with Crippen molar-refractivity contribution < 1.29 is 14.3 Å². The SMILES string of the molecule is COCCOCCNC(=O)/C=C/c1cn(Cc2ccccc2)nc1-c1ccc(C)cc1. The summed E-state index contributed by atoms with van der Waals surface area (Å²) in [5.41, 5.74) is 5.12. The van der Waals surface area contributed by atoms with E-state index >= 15 is 0 Å². The number of ether oxygens (including phenoxy) is 2. The highest BCUT2D eigenvalue weighted by Gasteiger charge is 2.10. The third kappa shape index (κ3) is 7.20. The van der Waals surface area contributed by atoms with Gasteiger partial charge in [-0.2, -0.15) is 5.10 Å². The summed E-state index contributed by atoms with van der Waals surface area (Å²) < 4.78 is 12.2. The van der Waals surface area contributed by atoms with Crippen LogP contribution in [0, 0.1) is 6.92 Å². The predicted molar refractivity (Wildman–Crippen MR) is 123 cm³/mol. The van der Waals surface area contributed by atoms with E-state index in [1.165, 1.54) is 17.2 Å². The van der Waals surface area contributed by atoms with E-state index in [9.17, 15) is 4.79 Å². The molecule has 1 amide bonds. The molecule has 0 aliphatic rings. The van der Waals surface area contributed by atoms with E-state index in [4.69, 9.17) is 14.6 Å². The van der Waals surface area contributed by atoms with Crippen molar-refractivity contribution in [3.8, 4) is 11.3 Å². The number of carbonyl (C=O) groups excluding carboxylic acids is 1. The molecular formula is C25H29N3O3. The highest BCUT2D eigenvalue weighted by molar-refractivity contribution is 5.92. The van der Waals surface area contributed by atoms with Gasteiger partial charge in [-0.25, -0.2) is 0 Å². The summed E-state index contributed by atoms with van der Waals surface area (Å²) in [5, 5.41) is 7.61. The minimum absolute atomic E-state index is 0.166. The lowest BCUT2D eigenvalue weighted by atomic mass is 10.1. The van der Waals surface area contributed by atoms with Crippen LogP contribution in [0.3, 0.4) is 0 Å². The number of aromatic nitrogens is 2. The summed E-state index contributed by atoms with van der Waals surface area (Å²) in [7, 11) is 1.63. The van der Waals surface area contributed by atoms with Crippen LogP contribution in [-0.4, -0.2) is 49.2 Å². The highest BCUT2D eigenvalue weighted by atomic mass is 16.5. The molecule has 0 saturated carbocycles. The van der Waals surface area contributed by atoms with Gasteiger partial charge in [-0.05, 0) is 18.6 Å². The average Bonchev–Trinajstić information content (AvgIpc) is 3.18. The fourth-order valence-corrected chi connectivity index (χ4v) is 3.06. The molecule has 0 unspecified atom stereocenters. The van der Waals surface area contributed by atoms with Gasteiger partial charge in [0.15, 0.2) is 0 Å². The summed E-state index contributed by atoms with van der Waals surface area (Å²) in [6.07, 6.45) is 5.32. The summed E-state index contributed by atoms with van der Waals surface area (Å²) in [6, 6.07) is 18.4. The van der Waals surface area contributed by atoms with E-state index in [1.807, 2.05) is 35.2 Å². The van der Waals surface area contributed by atoms with Crippen molar-refractivity contribution in [1.29, 1.82) is 0 Å². The van der Waals surface area contributed by atoms with Gasteiger partial charge in [-0.1, -0.05) is 60.2 Å². The van der Waals surface area contributed by atoms with Gasteiger partial charge in [-0.3, -0.25) is 9.48 Å². The quantitative estimate of drug-likeness (QED) is 0.380. The van der Waals surface area contributed by atoms with Gasteiger partial charge in [0.2, 0.25) is 5.91 Å². The number of methoxy groups -OCH3 is 1. The second-order valence-electron chi connectivity index (χ2n) is 7.21. The monoisotopic (exact) mass is 419 g/mol. The fraction of sp³-hybridized carbons (Fsp3) is 0.280. The Bertz CT molecular complexity index is 979. The number of carbonyl (C=O) groups is 1. The van der Waals surface area contributed by atoms with Crippen LogP contribution in [0.5, 0.6) is 0 Å². The first-order valence-electron chi connectivity index (χ1n) is 10.4. The zero-order chi connectivity index (χ0) is 21.9. The molecule has 1 aromatic heterocycles. The van der Waals surface area contributed by atoms with Crippen molar-refractivity contribution in [3.63, 3.8) is 0 Å². The Kier molecular flexibility index (Phi) is 8.58. The number of amides is 1. The Balaban J connectivity index is 1.70. The number of rotatable bonds is 11. The standard InChI is InChI=1S/C25H29N3O3/c1-20-8-10-22(11-9-20)25-23(12-13-24(29)26-14-15-31-17-16-30-2)19-28(27-25)18-21-6-4-3-5-7-21/h3-13,19H,14-18H2,1-2H3,(H,26,29)/b13-12+. The Labute approximate surface area is 183 Å². The van der Waals surface area contributed by atoms with E-state index in [2.05, 4.69) is 48.6 Å². The van der Waals surface area contributed by atoms with Crippen LogP contribution in [0.25, 0.3) is 17.3 Å². The molecule has 0 spiro atoms. The maximum absolute atomic E-state index is 12.2. The number of hydrogen-bond donors (Lipinski definition) is 1. The smallest absolute Gasteiger partial charge is 0.244 e. The number of nitrogens with zero attached hydrogens (tertiary/aromatic N) is 2. The molecular weight excluding hydrogens is 390 g/mol. The molecule has 1 heterocycles. The van der Waals surface area contributed by atoms with Crippen LogP contribution in [0.15, 0.2) is 66.9 Å². The molecule has 0 radical (unpaired) electrons. The first-order chi connectivity index (χ1) is 15.2. The van der Waals surface area contributed by atoms with E-state index in [-0.39, 0.29) is 5.91 Å². The highest BCUT2D eigenvalue weighted by Crippen LogP contribution is 2.24. The normalized spacial score (nSPS) is 11.2. The van der Waals surface area contributed by atoms with Gasteiger partial charge < -0.3 is 14.8 Å². The van der Waals surface area contributed by atoms with Crippen LogP contribution < -0.4 is 5.32 Å². The van der Waals surface area contributed by atoms with Crippen molar-refractivity contribution >= 4 is 12.0 Å². The molecule has 31 heavy (non-hydrogen) atoms. The predicted octanol–water partition coefficient (Wildman–Crippen LogP) is 3.70.